The summed E-state index contributed by atoms with van der Waals surface area (Å²) in [6.07, 6.45) is 2.41. The molecule has 3 nitrogen and oxygen atoms in total. The fourth-order valence-corrected chi connectivity index (χ4v) is 1.71. The second kappa shape index (κ2) is 5.23. The predicted octanol–water partition coefficient (Wildman–Crippen LogP) is 2.74. The van der Waals surface area contributed by atoms with Gasteiger partial charge in [-0.1, -0.05) is 0 Å². The van der Waals surface area contributed by atoms with Crippen LogP contribution in [0.2, 0.25) is 0 Å². The summed E-state index contributed by atoms with van der Waals surface area (Å²) in [5.74, 6) is -1.71. The van der Waals surface area contributed by atoms with Crippen molar-refractivity contribution in [3.63, 3.8) is 0 Å². The van der Waals surface area contributed by atoms with Crippen LogP contribution in [0, 0.1) is 11.6 Å². The summed E-state index contributed by atoms with van der Waals surface area (Å²) in [5.41, 5.74) is 1.08. The number of halogens is 2. The maximum absolute atomic E-state index is 13.1. The fourth-order valence-electron chi connectivity index (χ4n) is 1.71. The second-order valence-electron chi connectivity index (χ2n) is 3.74. The first-order chi connectivity index (χ1) is 8.22. The van der Waals surface area contributed by atoms with Crippen LogP contribution in [0.4, 0.5) is 8.78 Å². The summed E-state index contributed by atoms with van der Waals surface area (Å²) in [6.45, 7) is 3.96. The lowest BCUT2D eigenvalue weighted by atomic mass is 10.3. The molecule has 0 fully saturated rings. The molecule has 0 aliphatic rings. The van der Waals surface area contributed by atoms with E-state index in [1.807, 2.05) is 6.92 Å². The molecule has 0 aliphatic heterocycles. The Bertz CT molecular complexity index is 510. The highest BCUT2D eigenvalue weighted by molar-refractivity contribution is 5.75. The SMILES string of the molecule is CCOCCCn1cnc2cc(F)c(F)cc21. The highest BCUT2D eigenvalue weighted by atomic mass is 19.2. The summed E-state index contributed by atoms with van der Waals surface area (Å²) >= 11 is 0. The van der Waals surface area contributed by atoms with Crippen LogP contribution in [0.25, 0.3) is 11.0 Å². The highest BCUT2D eigenvalue weighted by Gasteiger charge is 2.08. The highest BCUT2D eigenvalue weighted by Crippen LogP contribution is 2.17. The van der Waals surface area contributed by atoms with E-state index in [0.717, 1.165) is 12.5 Å². The molecular weight excluding hydrogens is 226 g/mol. The number of fused-ring (bicyclic) bond motifs is 1. The molecule has 17 heavy (non-hydrogen) atoms. The third-order valence-corrected chi connectivity index (χ3v) is 2.55. The number of hydrogen-bond acceptors (Lipinski definition) is 2. The Hall–Kier alpha value is -1.49. The minimum atomic E-state index is -0.864. The molecule has 0 N–H and O–H groups in total. The number of rotatable bonds is 5. The number of ether oxygens (including phenoxy) is 1. The Labute approximate surface area is 98.0 Å². The van der Waals surface area contributed by atoms with E-state index in [1.165, 1.54) is 6.07 Å². The molecule has 2 rings (SSSR count). The zero-order valence-electron chi connectivity index (χ0n) is 9.62. The summed E-state index contributed by atoms with van der Waals surface area (Å²) in [4.78, 5) is 4.03. The molecular formula is C12H14F2N2O. The van der Waals surface area contributed by atoms with Crippen molar-refractivity contribution in [1.29, 1.82) is 0 Å². The van der Waals surface area contributed by atoms with E-state index in [9.17, 15) is 8.78 Å². The molecule has 2 aromatic rings. The third-order valence-electron chi connectivity index (χ3n) is 2.55. The lowest BCUT2D eigenvalue weighted by Gasteiger charge is -2.04. The quantitative estimate of drug-likeness (QED) is 0.751. The Balaban J connectivity index is 2.15. The zero-order valence-corrected chi connectivity index (χ0v) is 9.62. The van der Waals surface area contributed by atoms with Gasteiger partial charge in [-0.2, -0.15) is 0 Å². The van der Waals surface area contributed by atoms with Gasteiger partial charge in [-0.15, -0.1) is 0 Å². The molecule has 0 bridgehead atoms. The molecule has 0 amide bonds. The van der Waals surface area contributed by atoms with Gasteiger partial charge < -0.3 is 9.30 Å². The molecule has 0 saturated carbocycles. The Morgan fingerprint density at radius 1 is 1.29 bits per heavy atom. The molecule has 0 saturated heterocycles. The number of nitrogens with zero attached hydrogens (tertiary/aromatic N) is 2. The number of hydrogen-bond donors (Lipinski definition) is 0. The fraction of sp³-hybridized carbons (Fsp3) is 0.417. The van der Waals surface area contributed by atoms with Gasteiger partial charge in [0.1, 0.15) is 0 Å². The van der Waals surface area contributed by atoms with Gasteiger partial charge in [0.15, 0.2) is 11.6 Å². The molecule has 0 atom stereocenters. The van der Waals surface area contributed by atoms with Crippen LogP contribution in [-0.4, -0.2) is 22.8 Å². The Morgan fingerprint density at radius 2 is 2.06 bits per heavy atom. The van der Waals surface area contributed by atoms with E-state index in [4.69, 9.17) is 4.74 Å². The molecule has 0 radical (unpaired) electrons. The van der Waals surface area contributed by atoms with Crippen molar-refractivity contribution in [1.82, 2.24) is 9.55 Å². The van der Waals surface area contributed by atoms with Crippen LogP contribution in [0.1, 0.15) is 13.3 Å². The Morgan fingerprint density at radius 3 is 2.82 bits per heavy atom. The van der Waals surface area contributed by atoms with Crippen molar-refractivity contribution in [2.45, 2.75) is 19.9 Å². The lowest BCUT2D eigenvalue weighted by Crippen LogP contribution is -2.01. The predicted molar refractivity (Wildman–Crippen MR) is 60.8 cm³/mol. The monoisotopic (exact) mass is 240 g/mol. The average Bonchev–Trinajstić information content (AvgIpc) is 2.68. The normalized spacial score (nSPS) is 11.2. The van der Waals surface area contributed by atoms with Crippen LogP contribution >= 0.6 is 0 Å². The topological polar surface area (TPSA) is 27.1 Å². The van der Waals surface area contributed by atoms with Gasteiger partial charge in [0, 0.05) is 31.9 Å². The number of benzene rings is 1. The summed E-state index contributed by atoms with van der Waals surface area (Å²) in [5, 5.41) is 0. The molecule has 0 spiro atoms. The maximum atomic E-state index is 13.1. The first-order valence-electron chi connectivity index (χ1n) is 5.60. The van der Waals surface area contributed by atoms with Gasteiger partial charge in [0.2, 0.25) is 0 Å². The largest absolute Gasteiger partial charge is 0.382 e. The molecule has 1 aromatic carbocycles. The average molecular weight is 240 g/mol. The van der Waals surface area contributed by atoms with Gasteiger partial charge in [-0.3, -0.25) is 0 Å². The number of imidazole rings is 1. The summed E-state index contributed by atoms with van der Waals surface area (Å²) in [6, 6.07) is 2.29. The Kier molecular flexibility index (Phi) is 3.68. The zero-order chi connectivity index (χ0) is 12.3. The second-order valence-corrected chi connectivity index (χ2v) is 3.74. The lowest BCUT2D eigenvalue weighted by molar-refractivity contribution is 0.142. The standard InChI is InChI=1S/C12H14F2N2O/c1-2-17-5-3-4-16-8-15-11-6-9(13)10(14)7-12(11)16/h6-8H,2-5H2,1H3. The van der Waals surface area contributed by atoms with Crippen molar-refractivity contribution < 1.29 is 13.5 Å². The smallest absolute Gasteiger partial charge is 0.161 e. The van der Waals surface area contributed by atoms with Gasteiger partial charge in [-0.25, -0.2) is 13.8 Å². The number of aryl methyl sites for hydroxylation is 1. The van der Waals surface area contributed by atoms with Crippen molar-refractivity contribution in [3.8, 4) is 0 Å². The van der Waals surface area contributed by atoms with E-state index in [-0.39, 0.29) is 0 Å². The minimum absolute atomic E-state index is 0.473. The van der Waals surface area contributed by atoms with Crippen molar-refractivity contribution in [3.05, 3.63) is 30.1 Å². The van der Waals surface area contributed by atoms with Gasteiger partial charge in [0.05, 0.1) is 17.4 Å². The van der Waals surface area contributed by atoms with E-state index < -0.39 is 11.6 Å². The van der Waals surface area contributed by atoms with E-state index in [2.05, 4.69) is 4.98 Å². The molecule has 1 aromatic heterocycles. The summed E-state index contributed by atoms with van der Waals surface area (Å²) in [7, 11) is 0. The molecule has 5 heteroatoms. The van der Waals surface area contributed by atoms with Crippen molar-refractivity contribution in [2.24, 2.45) is 0 Å². The van der Waals surface area contributed by atoms with Crippen LogP contribution < -0.4 is 0 Å². The molecule has 0 unspecified atom stereocenters. The van der Waals surface area contributed by atoms with E-state index in [0.29, 0.717) is 30.8 Å². The minimum Gasteiger partial charge on any atom is -0.382 e. The van der Waals surface area contributed by atoms with Gasteiger partial charge >= 0.3 is 0 Å². The van der Waals surface area contributed by atoms with E-state index >= 15 is 0 Å². The van der Waals surface area contributed by atoms with E-state index in [1.54, 1.807) is 10.9 Å². The first-order valence-corrected chi connectivity index (χ1v) is 5.60. The molecule has 92 valence electrons. The third kappa shape index (κ3) is 2.61. The van der Waals surface area contributed by atoms with Gasteiger partial charge in [0.25, 0.3) is 0 Å². The molecule has 1 heterocycles. The van der Waals surface area contributed by atoms with Crippen LogP contribution in [0.3, 0.4) is 0 Å². The van der Waals surface area contributed by atoms with Crippen LogP contribution in [-0.2, 0) is 11.3 Å². The number of aromatic nitrogens is 2. The van der Waals surface area contributed by atoms with Crippen molar-refractivity contribution in [2.75, 3.05) is 13.2 Å². The maximum Gasteiger partial charge on any atom is 0.161 e. The van der Waals surface area contributed by atoms with Crippen molar-refractivity contribution >= 4 is 11.0 Å². The van der Waals surface area contributed by atoms with Crippen LogP contribution in [0.15, 0.2) is 18.5 Å². The van der Waals surface area contributed by atoms with Crippen LogP contribution in [0.5, 0.6) is 0 Å². The van der Waals surface area contributed by atoms with Gasteiger partial charge in [-0.05, 0) is 13.3 Å². The summed E-state index contributed by atoms with van der Waals surface area (Å²) < 4.78 is 33.1. The first kappa shape index (κ1) is 12.0. The molecule has 0 aliphatic carbocycles.